The van der Waals surface area contributed by atoms with Gasteiger partial charge in [0, 0.05) is 15.8 Å². The number of anilines is 2. The maximum atomic E-state index is 13.5. The molecule has 2 amide bonds. The molecule has 1 fully saturated rings. The predicted molar refractivity (Wildman–Crippen MR) is 131 cm³/mol. The van der Waals surface area contributed by atoms with E-state index in [-0.39, 0.29) is 16.5 Å². The number of carbonyl (C=O) groups is 2. The minimum atomic E-state index is -0.615. The quantitative estimate of drug-likeness (QED) is 0.347. The molecule has 4 rings (SSSR count). The van der Waals surface area contributed by atoms with Crippen molar-refractivity contribution in [1.82, 2.24) is 0 Å². The predicted octanol–water partition coefficient (Wildman–Crippen LogP) is 5.65. The Kier molecular flexibility index (Phi) is 6.92. The molecule has 0 aromatic heterocycles. The number of thioether (sulfide) groups is 1. The molecule has 0 saturated carbocycles. The summed E-state index contributed by atoms with van der Waals surface area (Å²) in [5.41, 5.74) is 1.68. The average molecular weight is 522 g/mol. The molecule has 1 heterocycles. The monoisotopic (exact) mass is 521 g/mol. The normalized spacial score (nSPS) is 16.9. The zero-order valence-electron chi connectivity index (χ0n) is 17.2. The molecule has 0 radical (unpaired) electrons. The highest BCUT2D eigenvalue weighted by Crippen LogP contribution is 2.42. The Labute approximate surface area is 203 Å². The van der Waals surface area contributed by atoms with Gasteiger partial charge in [-0.15, -0.1) is 0 Å². The van der Waals surface area contributed by atoms with Crippen LogP contribution in [0, 0.1) is 17.1 Å². The van der Waals surface area contributed by atoms with Gasteiger partial charge in [-0.2, -0.15) is 5.26 Å². The van der Waals surface area contributed by atoms with E-state index in [1.54, 1.807) is 24.3 Å². The largest absolute Gasteiger partial charge is 0.321 e. The number of para-hydroxylation sites is 1. The fourth-order valence-electron chi connectivity index (χ4n) is 3.36. The highest BCUT2D eigenvalue weighted by atomic mass is 79.9. The lowest BCUT2D eigenvalue weighted by atomic mass is 10.1. The van der Waals surface area contributed by atoms with Gasteiger partial charge in [0.05, 0.1) is 5.25 Å². The highest BCUT2D eigenvalue weighted by molar-refractivity contribution is 9.10. The minimum Gasteiger partial charge on any atom is -0.321 e. The third-order valence-electron chi connectivity index (χ3n) is 4.96. The molecule has 1 aliphatic heterocycles. The summed E-state index contributed by atoms with van der Waals surface area (Å²) in [7, 11) is 0. The molecule has 5 nitrogen and oxygen atoms in total. The molecular weight excluding hydrogens is 505 g/mol. The number of halogens is 2. The van der Waals surface area contributed by atoms with Crippen molar-refractivity contribution >= 4 is 50.9 Å². The molecule has 0 bridgehead atoms. The lowest BCUT2D eigenvalue weighted by Gasteiger charge is -2.18. The van der Waals surface area contributed by atoms with E-state index in [9.17, 15) is 19.2 Å². The number of carbonyl (C=O) groups excluding carboxylic acids is 2. The number of nitrogens with zero attached hydrogens (tertiary/aromatic N) is 2. The van der Waals surface area contributed by atoms with E-state index in [0.717, 1.165) is 21.8 Å². The fraction of sp³-hybridized carbons (Fsp3) is 0.0800. The Morgan fingerprint density at radius 2 is 1.73 bits per heavy atom. The smallest absolute Gasteiger partial charge is 0.269 e. The van der Waals surface area contributed by atoms with E-state index in [1.165, 1.54) is 29.2 Å². The second-order valence-electron chi connectivity index (χ2n) is 7.20. The van der Waals surface area contributed by atoms with Crippen LogP contribution < -0.4 is 10.2 Å². The van der Waals surface area contributed by atoms with Crippen LogP contribution in [-0.4, -0.2) is 17.1 Å². The van der Waals surface area contributed by atoms with Crippen molar-refractivity contribution in [2.24, 2.45) is 0 Å². The van der Waals surface area contributed by atoms with Crippen LogP contribution in [0.4, 0.5) is 15.8 Å². The second kappa shape index (κ2) is 10.0. The Balaban J connectivity index is 1.72. The van der Waals surface area contributed by atoms with Crippen LogP contribution in [0.2, 0.25) is 0 Å². The summed E-state index contributed by atoms with van der Waals surface area (Å²) in [5.74, 6) is -1.34. The summed E-state index contributed by atoms with van der Waals surface area (Å²) < 4.78 is 14.4. The third-order valence-corrected chi connectivity index (χ3v) is 6.75. The molecule has 33 heavy (non-hydrogen) atoms. The summed E-state index contributed by atoms with van der Waals surface area (Å²) >= 11 is 4.56. The maximum absolute atomic E-state index is 13.5. The number of nitriles is 1. The topological polar surface area (TPSA) is 73.2 Å². The number of rotatable bonds is 5. The second-order valence-corrected chi connectivity index (χ2v) is 9.31. The summed E-state index contributed by atoms with van der Waals surface area (Å²) in [6.07, 6.45) is 0.414. The highest BCUT2D eigenvalue weighted by Gasteiger charge is 2.40. The van der Waals surface area contributed by atoms with Crippen LogP contribution in [-0.2, 0) is 16.0 Å². The summed E-state index contributed by atoms with van der Waals surface area (Å²) in [5, 5.41) is 12.2. The van der Waals surface area contributed by atoms with Crippen LogP contribution >= 0.6 is 27.7 Å². The molecule has 0 aliphatic carbocycles. The van der Waals surface area contributed by atoms with E-state index in [2.05, 4.69) is 21.2 Å². The van der Waals surface area contributed by atoms with Crippen molar-refractivity contribution in [3.05, 3.63) is 105 Å². The molecule has 3 aromatic rings. The van der Waals surface area contributed by atoms with E-state index >= 15 is 0 Å². The third kappa shape index (κ3) is 5.16. The number of amides is 2. The van der Waals surface area contributed by atoms with E-state index in [1.807, 2.05) is 36.4 Å². The van der Waals surface area contributed by atoms with Crippen LogP contribution in [0.15, 0.2) is 93.9 Å². The Morgan fingerprint density at radius 1 is 1.06 bits per heavy atom. The lowest BCUT2D eigenvalue weighted by molar-refractivity contribution is -0.117. The van der Waals surface area contributed by atoms with Gasteiger partial charge in [-0.25, -0.2) is 4.39 Å². The lowest BCUT2D eigenvalue weighted by Crippen LogP contribution is -2.30. The van der Waals surface area contributed by atoms with Gasteiger partial charge in [0.1, 0.15) is 22.5 Å². The number of hydrogen-bond acceptors (Lipinski definition) is 4. The number of benzene rings is 3. The molecule has 164 valence electrons. The molecule has 1 saturated heterocycles. The molecule has 3 aromatic carbocycles. The standard InChI is InChI=1S/C25H17BrFN3O2S/c26-17-8-6-16(7-9-17)14-22-24(32)30(20-12-10-18(27)11-13-20)25(33-22)21(15-28)23(31)29-19-4-2-1-3-5-19/h1-13,22H,14H2,(H,29,31)/b25-21-/t22-/m1/s1. The van der Waals surface area contributed by atoms with Crippen molar-refractivity contribution in [2.45, 2.75) is 11.7 Å². The first kappa shape index (κ1) is 22.8. The first-order chi connectivity index (χ1) is 16.0. The Bertz CT molecular complexity index is 1260. The molecule has 1 atom stereocenters. The molecule has 8 heteroatoms. The van der Waals surface area contributed by atoms with Crippen molar-refractivity contribution in [3.8, 4) is 6.07 Å². The maximum Gasteiger partial charge on any atom is 0.269 e. The van der Waals surface area contributed by atoms with E-state index < -0.39 is 17.0 Å². The molecule has 0 unspecified atom stereocenters. The fourth-order valence-corrected chi connectivity index (χ4v) is 4.93. The Morgan fingerprint density at radius 3 is 2.36 bits per heavy atom. The van der Waals surface area contributed by atoms with Gasteiger partial charge < -0.3 is 5.32 Å². The van der Waals surface area contributed by atoms with Gasteiger partial charge in [0.15, 0.2) is 0 Å². The molecule has 0 spiro atoms. The molecule has 1 N–H and O–H groups in total. The molecule has 1 aliphatic rings. The van der Waals surface area contributed by atoms with E-state index in [4.69, 9.17) is 0 Å². The first-order valence-electron chi connectivity index (χ1n) is 9.97. The summed E-state index contributed by atoms with van der Waals surface area (Å²) in [6.45, 7) is 0. The van der Waals surface area contributed by atoms with Crippen molar-refractivity contribution in [2.75, 3.05) is 10.2 Å². The summed E-state index contributed by atoms with van der Waals surface area (Å²) in [6, 6.07) is 23.7. The zero-order chi connectivity index (χ0) is 23.4. The van der Waals surface area contributed by atoms with Gasteiger partial charge in [0.2, 0.25) is 5.91 Å². The number of nitrogens with one attached hydrogen (secondary N) is 1. The van der Waals surface area contributed by atoms with Crippen molar-refractivity contribution < 1.29 is 14.0 Å². The average Bonchev–Trinajstić information content (AvgIpc) is 3.12. The van der Waals surface area contributed by atoms with Gasteiger partial charge >= 0.3 is 0 Å². The van der Waals surface area contributed by atoms with Crippen LogP contribution in [0.5, 0.6) is 0 Å². The minimum absolute atomic E-state index is 0.181. The van der Waals surface area contributed by atoms with Crippen LogP contribution in [0.1, 0.15) is 5.56 Å². The van der Waals surface area contributed by atoms with Crippen LogP contribution in [0.25, 0.3) is 0 Å². The SMILES string of the molecule is N#C/C(C(=O)Nc1ccccc1)=C1/S[C@H](Cc2ccc(Br)cc2)C(=O)N1c1ccc(F)cc1. The van der Waals surface area contributed by atoms with Crippen LogP contribution in [0.3, 0.4) is 0 Å². The van der Waals surface area contributed by atoms with Gasteiger partial charge in [0.25, 0.3) is 5.91 Å². The zero-order valence-corrected chi connectivity index (χ0v) is 19.6. The van der Waals surface area contributed by atoms with Gasteiger partial charge in [-0.05, 0) is 60.5 Å². The van der Waals surface area contributed by atoms with Crippen molar-refractivity contribution in [3.63, 3.8) is 0 Å². The van der Waals surface area contributed by atoms with E-state index in [0.29, 0.717) is 17.8 Å². The van der Waals surface area contributed by atoms with Crippen molar-refractivity contribution in [1.29, 1.82) is 5.26 Å². The summed E-state index contributed by atoms with van der Waals surface area (Å²) in [4.78, 5) is 27.7. The van der Waals surface area contributed by atoms with Gasteiger partial charge in [-0.1, -0.05) is 58.0 Å². The van der Waals surface area contributed by atoms with Gasteiger partial charge in [-0.3, -0.25) is 14.5 Å². The first-order valence-corrected chi connectivity index (χ1v) is 11.6. The number of hydrogen-bond donors (Lipinski definition) is 1. The Hall–Kier alpha value is -3.41. The molecular formula is C25H17BrFN3O2S.